The van der Waals surface area contributed by atoms with Crippen LogP contribution in [0.5, 0.6) is 6.01 Å². The zero-order valence-corrected chi connectivity index (χ0v) is 19.8. The van der Waals surface area contributed by atoms with E-state index < -0.39 is 17.7 Å². The van der Waals surface area contributed by atoms with Gasteiger partial charge in [0.1, 0.15) is 23.2 Å². The first-order chi connectivity index (χ1) is 18.0. The summed E-state index contributed by atoms with van der Waals surface area (Å²) in [5.74, 6) is -1.52. The van der Waals surface area contributed by atoms with E-state index in [9.17, 15) is 14.4 Å². The Hall–Kier alpha value is -3.99. The number of rotatable bonds is 5. The number of hydrogen-bond acceptors (Lipinski definition) is 9. The van der Waals surface area contributed by atoms with E-state index in [1.54, 1.807) is 0 Å². The van der Waals surface area contributed by atoms with E-state index in [0.29, 0.717) is 23.1 Å². The van der Waals surface area contributed by atoms with Gasteiger partial charge in [0.2, 0.25) is 0 Å². The van der Waals surface area contributed by atoms with Crippen molar-refractivity contribution in [1.82, 2.24) is 15.0 Å². The third-order valence-corrected chi connectivity index (χ3v) is 7.45. The summed E-state index contributed by atoms with van der Waals surface area (Å²) in [7, 11) is 0. The number of amides is 1. The number of carbonyl (C=O) groups is 1. The van der Waals surface area contributed by atoms with E-state index in [1.807, 2.05) is 6.07 Å². The average Bonchev–Trinajstić information content (AvgIpc) is 3.64. The highest BCUT2D eigenvalue weighted by atomic mass is 32.1. The molecule has 4 aromatic rings. The smallest absolute Gasteiger partial charge is 0.409 e. The van der Waals surface area contributed by atoms with Crippen molar-refractivity contribution >= 4 is 43.4 Å². The largest absolute Gasteiger partial charge is 0.465 e. The summed E-state index contributed by atoms with van der Waals surface area (Å²) in [6.45, 7) is 1.12. The zero-order chi connectivity index (χ0) is 25.7. The monoisotopic (exact) mass is 525 g/mol. The van der Waals surface area contributed by atoms with E-state index in [1.165, 1.54) is 6.20 Å². The second-order valence-electron chi connectivity index (χ2n) is 8.51. The average molecular weight is 525 g/mol. The predicted molar refractivity (Wildman–Crippen MR) is 127 cm³/mol. The van der Waals surface area contributed by atoms with Gasteiger partial charge in [0.15, 0.2) is 11.6 Å². The highest BCUT2D eigenvalue weighted by Crippen LogP contribution is 2.45. The van der Waals surface area contributed by atoms with Crippen molar-refractivity contribution in [2.45, 2.75) is 32.2 Å². The van der Waals surface area contributed by atoms with Crippen LogP contribution < -0.4 is 10.1 Å². The first-order valence-corrected chi connectivity index (χ1v) is 12.1. The minimum atomic E-state index is -1.42. The Labute approximate surface area is 211 Å². The molecule has 0 radical (unpaired) electrons. The molecule has 3 aromatic heterocycles. The standard InChI is InChI=1S/C24H17F2N5O5S/c25-15-6-28-20(17-11(4-27)22(31-24(32)33)37-21(15)17)16-14-9-34-8-13(14)12-5-29-23(30-19(12)18(16)26)36-7-10-2-1-3-35-10/h5-6,10,31H,1-3,7-9H2,(H,32,33)/t10-/m1/s1. The van der Waals surface area contributed by atoms with E-state index in [-0.39, 0.29) is 69.4 Å². The lowest BCUT2D eigenvalue weighted by molar-refractivity contribution is 0.0646. The molecule has 10 nitrogen and oxygen atoms in total. The second-order valence-corrected chi connectivity index (χ2v) is 9.53. The Morgan fingerprint density at radius 3 is 2.89 bits per heavy atom. The minimum Gasteiger partial charge on any atom is -0.465 e. The van der Waals surface area contributed by atoms with Gasteiger partial charge in [-0.25, -0.2) is 18.6 Å². The van der Waals surface area contributed by atoms with Crippen LogP contribution in [0.1, 0.15) is 29.5 Å². The number of fused-ring (bicyclic) bond motifs is 4. The maximum absolute atomic E-state index is 16.3. The van der Waals surface area contributed by atoms with Crippen LogP contribution in [-0.4, -0.2) is 45.5 Å². The van der Waals surface area contributed by atoms with Gasteiger partial charge < -0.3 is 19.3 Å². The molecule has 6 rings (SSSR count). The third kappa shape index (κ3) is 3.90. The number of nitrogens with zero attached hydrogens (tertiary/aromatic N) is 4. The van der Waals surface area contributed by atoms with Crippen molar-refractivity contribution in [3.63, 3.8) is 0 Å². The molecule has 1 atom stereocenters. The first kappa shape index (κ1) is 23.4. The highest BCUT2D eigenvalue weighted by molar-refractivity contribution is 7.23. The van der Waals surface area contributed by atoms with Crippen LogP contribution >= 0.6 is 11.3 Å². The van der Waals surface area contributed by atoms with Gasteiger partial charge in [0.05, 0.1) is 41.5 Å². The molecule has 1 amide bonds. The zero-order valence-electron chi connectivity index (χ0n) is 19.0. The number of nitriles is 1. The summed E-state index contributed by atoms with van der Waals surface area (Å²) in [5, 5.41) is 21.4. The molecule has 1 aromatic carbocycles. The lowest BCUT2D eigenvalue weighted by Gasteiger charge is -2.14. The fourth-order valence-electron chi connectivity index (χ4n) is 4.71. The molecule has 5 heterocycles. The molecule has 0 aliphatic carbocycles. The molecular formula is C24H17F2N5O5S. The summed E-state index contributed by atoms with van der Waals surface area (Å²) < 4.78 is 47.8. The molecule has 188 valence electrons. The van der Waals surface area contributed by atoms with Crippen LogP contribution in [0.3, 0.4) is 0 Å². The number of halogens is 2. The van der Waals surface area contributed by atoms with E-state index in [2.05, 4.69) is 20.3 Å². The molecule has 0 spiro atoms. The maximum atomic E-state index is 16.3. The molecular weight excluding hydrogens is 508 g/mol. The van der Waals surface area contributed by atoms with Crippen molar-refractivity contribution in [3.05, 3.63) is 40.7 Å². The van der Waals surface area contributed by atoms with Crippen LogP contribution in [-0.2, 0) is 22.7 Å². The SMILES string of the molecule is N#Cc1c(NC(=O)O)sc2c(F)cnc(-c3c4c(c5cnc(OC[C@H]6CCCO6)nc5c3F)COC4)c12. The number of carboxylic acid groups (broad SMARTS) is 1. The Morgan fingerprint density at radius 2 is 2.14 bits per heavy atom. The number of anilines is 1. The molecule has 2 aliphatic rings. The fourth-order valence-corrected chi connectivity index (χ4v) is 5.75. The third-order valence-electron chi connectivity index (χ3n) is 6.34. The molecule has 13 heteroatoms. The molecule has 37 heavy (non-hydrogen) atoms. The molecule has 0 unspecified atom stereocenters. The number of hydrogen-bond donors (Lipinski definition) is 2. The minimum absolute atomic E-state index is 0.00458. The van der Waals surface area contributed by atoms with Crippen LogP contribution in [0.2, 0.25) is 0 Å². The summed E-state index contributed by atoms with van der Waals surface area (Å²) in [5.41, 5.74) is 0.932. The summed E-state index contributed by atoms with van der Waals surface area (Å²) in [6, 6.07) is 1.88. The summed E-state index contributed by atoms with van der Waals surface area (Å²) in [6.07, 6.45) is 2.68. The first-order valence-electron chi connectivity index (χ1n) is 11.3. The molecule has 1 fully saturated rings. The van der Waals surface area contributed by atoms with Crippen molar-refractivity contribution in [3.8, 4) is 23.3 Å². The molecule has 2 N–H and O–H groups in total. The molecule has 0 bridgehead atoms. The Bertz CT molecular complexity index is 1630. The lowest BCUT2D eigenvalue weighted by atomic mass is 9.94. The fraction of sp³-hybridized carbons (Fsp3) is 0.292. The van der Waals surface area contributed by atoms with Gasteiger partial charge in [-0.1, -0.05) is 0 Å². The van der Waals surface area contributed by atoms with Crippen LogP contribution in [0.25, 0.3) is 32.2 Å². The Morgan fingerprint density at radius 1 is 1.30 bits per heavy atom. The lowest BCUT2D eigenvalue weighted by Crippen LogP contribution is -2.17. The van der Waals surface area contributed by atoms with Crippen LogP contribution in [0.15, 0.2) is 12.4 Å². The topological polar surface area (TPSA) is 139 Å². The number of benzene rings is 1. The molecule has 2 aliphatic heterocycles. The number of thiophene rings is 1. The number of nitrogens with one attached hydrogen (secondary N) is 1. The van der Waals surface area contributed by atoms with Gasteiger partial charge in [-0.2, -0.15) is 10.2 Å². The van der Waals surface area contributed by atoms with Crippen molar-refractivity contribution in [2.24, 2.45) is 0 Å². The Kier molecular flexibility index (Phi) is 5.79. The van der Waals surface area contributed by atoms with Gasteiger partial charge in [0.25, 0.3) is 0 Å². The predicted octanol–water partition coefficient (Wildman–Crippen LogP) is 4.73. The maximum Gasteiger partial charge on any atom is 0.409 e. The van der Waals surface area contributed by atoms with Gasteiger partial charge in [0, 0.05) is 29.1 Å². The van der Waals surface area contributed by atoms with Gasteiger partial charge in [-0.05, 0) is 24.0 Å². The quantitative estimate of drug-likeness (QED) is 0.378. The van der Waals surface area contributed by atoms with Crippen molar-refractivity contribution in [2.75, 3.05) is 18.5 Å². The number of aromatic nitrogens is 3. The van der Waals surface area contributed by atoms with Crippen LogP contribution in [0, 0.1) is 23.0 Å². The molecule has 1 saturated heterocycles. The van der Waals surface area contributed by atoms with E-state index >= 15 is 4.39 Å². The van der Waals surface area contributed by atoms with Gasteiger partial charge in [-0.3, -0.25) is 10.3 Å². The molecule has 0 saturated carbocycles. The summed E-state index contributed by atoms with van der Waals surface area (Å²) in [4.78, 5) is 23.9. The van der Waals surface area contributed by atoms with Gasteiger partial charge in [-0.15, -0.1) is 11.3 Å². The van der Waals surface area contributed by atoms with Gasteiger partial charge >= 0.3 is 12.1 Å². The Balaban J connectivity index is 1.56. The highest BCUT2D eigenvalue weighted by Gasteiger charge is 2.30. The number of pyridine rings is 1. The normalized spacial score (nSPS) is 16.7. The van der Waals surface area contributed by atoms with Crippen molar-refractivity contribution < 1.29 is 32.9 Å². The summed E-state index contributed by atoms with van der Waals surface area (Å²) >= 11 is 0.735. The van der Waals surface area contributed by atoms with E-state index in [4.69, 9.17) is 19.3 Å². The second kappa shape index (κ2) is 9.15. The number of ether oxygens (including phenoxy) is 3. The van der Waals surface area contributed by atoms with Crippen molar-refractivity contribution in [1.29, 1.82) is 5.26 Å². The van der Waals surface area contributed by atoms with E-state index in [0.717, 1.165) is 30.4 Å². The van der Waals surface area contributed by atoms with Crippen LogP contribution in [0.4, 0.5) is 18.6 Å².